The van der Waals surface area contributed by atoms with E-state index in [9.17, 15) is 14.4 Å². The second-order valence-electron chi connectivity index (χ2n) is 8.14. The Kier molecular flexibility index (Phi) is 6.27. The molecule has 3 aromatic rings. The van der Waals surface area contributed by atoms with Gasteiger partial charge in [-0.25, -0.2) is 9.78 Å². The lowest BCUT2D eigenvalue weighted by atomic mass is 9.95. The first kappa shape index (κ1) is 22.2. The van der Waals surface area contributed by atoms with Gasteiger partial charge in [0.05, 0.1) is 29.8 Å². The Labute approximate surface area is 184 Å². The lowest BCUT2D eigenvalue weighted by Gasteiger charge is -2.19. The Balaban J connectivity index is 1.93. The Morgan fingerprint density at radius 2 is 1.87 bits per heavy atom. The lowest BCUT2D eigenvalue weighted by Crippen LogP contribution is -2.28. The van der Waals surface area contributed by atoms with Gasteiger partial charge in [-0.2, -0.15) is 0 Å². The number of aromatic carboxylic acids is 1. The Hall–Kier alpha value is -3.45. The molecule has 0 aliphatic rings. The van der Waals surface area contributed by atoms with E-state index >= 15 is 0 Å². The van der Waals surface area contributed by atoms with Crippen molar-refractivity contribution in [1.82, 2.24) is 9.55 Å². The van der Waals surface area contributed by atoms with Crippen LogP contribution in [0.3, 0.4) is 0 Å². The van der Waals surface area contributed by atoms with E-state index in [0.717, 1.165) is 0 Å². The van der Waals surface area contributed by atoms with Gasteiger partial charge >= 0.3 is 5.97 Å². The number of nitrogens with one attached hydrogen (secondary N) is 1. The molecule has 0 fully saturated rings. The SMILES string of the molecule is CC(C)(C)C(=O)Nc1cc(Cl)ccc1-c1cc(=O)n(Cc2cccc(C(=O)O)c2)cn1. The number of aromatic nitrogens is 2. The fourth-order valence-electron chi connectivity index (χ4n) is 2.84. The molecular formula is C23H22ClN3O4. The van der Waals surface area contributed by atoms with Crippen LogP contribution < -0.4 is 10.9 Å². The summed E-state index contributed by atoms with van der Waals surface area (Å²) in [6.45, 7) is 5.57. The maximum Gasteiger partial charge on any atom is 0.335 e. The maximum atomic E-state index is 12.7. The summed E-state index contributed by atoms with van der Waals surface area (Å²) in [6.07, 6.45) is 1.40. The molecule has 1 amide bonds. The summed E-state index contributed by atoms with van der Waals surface area (Å²) in [5.74, 6) is -1.22. The van der Waals surface area contributed by atoms with Crippen molar-refractivity contribution in [2.45, 2.75) is 27.3 Å². The molecule has 31 heavy (non-hydrogen) atoms. The molecule has 0 aliphatic carbocycles. The highest BCUT2D eigenvalue weighted by molar-refractivity contribution is 6.31. The zero-order valence-electron chi connectivity index (χ0n) is 17.3. The molecule has 1 aromatic heterocycles. The first-order chi connectivity index (χ1) is 14.5. The number of anilines is 1. The van der Waals surface area contributed by atoms with Crippen LogP contribution in [-0.4, -0.2) is 26.5 Å². The molecule has 2 aromatic carbocycles. The van der Waals surface area contributed by atoms with Crippen molar-refractivity contribution in [3.05, 3.63) is 81.4 Å². The second kappa shape index (κ2) is 8.73. The molecule has 2 N–H and O–H groups in total. The van der Waals surface area contributed by atoms with Gasteiger partial charge in [0, 0.05) is 22.1 Å². The average Bonchev–Trinajstić information content (AvgIpc) is 2.69. The van der Waals surface area contributed by atoms with Crippen molar-refractivity contribution < 1.29 is 14.7 Å². The minimum atomic E-state index is -1.03. The summed E-state index contributed by atoms with van der Waals surface area (Å²) in [7, 11) is 0. The van der Waals surface area contributed by atoms with E-state index in [2.05, 4.69) is 10.3 Å². The number of nitrogens with zero attached hydrogens (tertiary/aromatic N) is 2. The molecule has 1 heterocycles. The predicted octanol–water partition coefficient (Wildman–Crippen LogP) is 4.29. The molecule has 0 saturated heterocycles. The van der Waals surface area contributed by atoms with E-state index in [1.807, 2.05) is 0 Å². The van der Waals surface area contributed by atoms with Crippen LogP contribution >= 0.6 is 11.6 Å². The third-order valence-corrected chi connectivity index (χ3v) is 4.83. The second-order valence-corrected chi connectivity index (χ2v) is 8.58. The molecule has 160 valence electrons. The van der Waals surface area contributed by atoms with Crippen molar-refractivity contribution in [3.63, 3.8) is 0 Å². The highest BCUT2D eigenvalue weighted by atomic mass is 35.5. The molecule has 0 aliphatic heterocycles. The molecule has 0 atom stereocenters. The molecule has 0 saturated carbocycles. The summed E-state index contributed by atoms with van der Waals surface area (Å²) >= 11 is 6.10. The van der Waals surface area contributed by atoms with Crippen molar-refractivity contribution in [1.29, 1.82) is 0 Å². The standard InChI is InChI=1S/C23H22ClN3O4/c1-23(2,3)22(31)26-19-10-16(24)7-8-17(19)18-11-20(28)27(13-25-18)12-14-5-4-6-15(9-14)21(29)30/h4-11,13H,12H2,1-3H3,(H,26,31)(H,29,30). The van der Waals surface area contributed by atoms with Crippen LogP contribution in [0.4, 0.5) is 5.69 Å². The maximum absolute atomic E-state index is 12.7. The van der Waals surface area contributed by atoms with E-state index in [4.69, 9.17) is 16.7 Å². The topological polar surface area (TPSA) is 101 Å². The van der Waals surface area contributed by atoms with Gasteiger partial charge in [0.2, 0.25) is 5.91 Å². The Bertz CT molecular complexity index is 1210. The van der Waals surface area contributed by atoms with Gasteiger partial charge in [0.25, 0.3) is 5.56 Å². The highest BCUT2D eigenvalue weighted by Crippen LogP contribution is 2.30. The fraction of sp³-hybridized carbons (Fsp3) is 0.217. The van der Waals surface area contributed by atoms with E-state index < -0.39 is 11.4 Å². The van der Waals surface area contributed by atoms with Crippen molar-refractivity contribution >= 4 is 29.2 Å². The van der Waals surface area contributed by atoms with Gasteiger partial charge in [0.1, 0.15) is 0 Å². The van der Waals surface area contributed by atoms with Crippen LogP contribution in [0.2, 0.25) is 5.02 Å². The molecule has 7 nitrogen and oxygen atoms in total. The number of halogens is 1. The first-order valence-electron chi connectivity index (χ1n) is 9.55. The zero-order valence-corrected chi connectivity index (χ0v) is 18.1. The first-order valence-corrected chi connectivity index (χ1v) is 9.92. The molecular weight excluding hydrogens is 418 g/mol. The van der Waals surface area contributed by atoms with Crippen molar-refractivity contribution in [2.75, 3.05) is 5.32 Å². The Morgan fingerprint density at radius 1 is 1.13 bits per heavy atom. The largest absolute Gasteiger partial charge is 0.478 e. The van der Waals surface area contributed by atoms with Crippen molar-refractivity contribution in [3.8, 4) is 11.3 Å². The van der Waals surface area contributed by atoms with E-state index in [0.29, 0.717) is 27.5 Å². The quantitative estimate of drug-likeness (QED) is 0.617. The number of benzene rings is 2. The molecule has 0 unspecified atom stereocenters. The minimum absolute atomic E-state index is 0.149. The van der Waals surface area contributed by atoms with Gasteiger partial charge in [-0.05, 0) is 35.9 Å². The predicted molar refractivity (Wildman–Crippen MR) is 120 cm³/mol. The Morgan fingerprint density at radius 3 is 2.52 bits per heavy atom. The molecule has 0 bridgehead atoms. The molecule has 8 heteroatoms. The van der Waals surface area contributed by atoms with Gasteiger partial charge in [0.15, 0.2) is 0 Å². The average molecular weight is 440 g/mol. The van der Waals surface area contributed by atoms with Gasteiger partial charge in [-0.15, -0.1) is 0 Å². The number of amides is 1. The number of carboxylic acids is 1. The number of hydrogen-bond donors (Lipinski definition) is 2. The number of hydrogen-bond acceptors (Lipinski definition) is 4. The van der Waals surface area contributed by atoms with Crippen LogP contribution in [0.1, 0.15) is 36.7 Å². The normalized spacial score (nSPS) is 11.2. The minimum Gasteiger partial charge on any atom is -0.478 e. The third-order valence-electron chi connectivity index (χ3n) is 4.59. The fourth-order valence-corrected chi connectivity index (χ4v) is 3.02. The third kappa shape index (κ3) is 5.38. The van der Waals surface area contributed by atoms with E-state index in [-0.39, 0.29) is 23.6 Å². The summed E-state index contributed by atoms with van der Waals surface area (Å²) in [5, 5.41) is 12.4. The van der Waals surface area contributed by atoms with E-state index in [1.54, 1.807) is 51.1 Å². The van der Waals surface area contributed by atoms with Crippen LogP contribution in [0.5, 0.6) is 0 Å². The van der Waals surface area contributed by atoms with Crippen LogP contribution in [0.25, 0.3) is 11.3 Å². The van der Waals surface area contributed by atoms with Crippen LogP contribution in [0.15, 0.2) is 59.7 Å². The molecule has 3 rings (SSSR count). The summed E-state index contributed by atoms with van der Waals surface area (Å²) in [6, 6.07) is 12.7. The van der Waals surface area contributed by atoms with Gasteiger partial charge in [-0.1, -0.05) is 44.5 Å². The van der Waals surface area contributed by atoms with Crippen LogP contribution in [-0.2, 0) is 11.3 Å². The van der Waals surface area contributed by atoms with Gasteiger partial charge < -0.3 is 10.4 Å². The number of rotatable bonds is 5. The smallest absolute Gasteiger partial charge is 0.335 e. The zero-order chi connectivity index (χ0) is 22.8. The summed E-state index contributed by atoms with van der Waals surface area (Å²) in [5.41, 5.74) is 1.32. The summed E-state index contributed by atoms with van der Waals surface area (Å²) in [4.78, 5) is 40.7. The van der Waals surface area contributed by atoms with Gasteiger partial charge in [-0.3, -0.25) is 14.2 Å². The summed E-state index contributed by atoms with van der Waals surface area (Å²) < 4.78 is 1.38. The number of carboxylic acid groups (broad SMARTS) is 1. The molecule has 0 spiro atoms. The van der Waals surface area contributed by atoms with Crippen molar-refractivity contribution in [2.24, 2.45) is 5.41 Å². The van der Waals surface area contributed by atoms with E-state index in [1.165, 1.54) is 29.1 Å². The monoisotopic (exact) mass is 439 g/mol. The van der Waals surface area contributed by atoms with Crippen LogP contribution in [0, 0.1) is 5.41 Å². The number of carbonyl (C=O) groups is 2. The lowest BCUT2D eigenvalue weighted by molar-refractivity contribution is -0.123. The number of carbonyl (C=O) groups excluding carboxylic acids is 1. The molecule has 0 radical (unpaired) electrons. The highest BCUT2D eigenvalue weighted by Gasteiger charge is 2.22.